The Labute approximate surface area is 237 Å². The smallest absolute Gasteiger partial charge is 0.247 e. The number of nitrogens with zero attached hydrogens (tertiary/aromatic N) is 3. The van der Waals surface area contributed by atoms with Gasteiger partial charge in [-0.1, -0.05) is 42.5 Å². The van der Waals surface area contributed by atoms with Gasteiger partial charge in [0, 0.05) is 43.6 Å². The predicted octanol–water partition coefficient (Wildman–Crippen LogP) is 3.88. The first kappa shape index (κ1) is 29.4. The minimum Gasteiger partial charge on any atom is -0.396 e. The second-order valence-corrected chi connectivity index (χ2v) is 13.5. The summed E-state index contributed by atoms with van der Waals surface area (Å²) in [5.41, 5.74) is 1.02. The molecule has 3 amide bonds. The highest BCUT2D eigenvalue weighted by Gasteiger charge is 2.77. The minimum absolute atomic E-state index is 0.0354. The lowest BCUT2D eigenvalue weighted by atomic mass is 9.66. The summed E-state index contributed by atoms with van der Waals surface area (Å²) in [6, 6.07) is 9.18. The summed E-state index contributed by atoms with van der Waals surface area (Å²) in [7, 11) is 0. The lowest BCUT2D eigenvalue weighted by molar-refractivity contribution is -0.146. The highest BCUT2D eigenvalue weighted by atomic mass is 32.2. The molecule has 1 spiro atoms. The Morgan fingerprint density at radius 1 is 1.13 bits per heavy atom. The monoisotopic (exact) mass is 553 g/mol. The maximum atomic E-state index is 14.4. The standard InChI is InChI=1S/C31H43N3O4S/c1-6-17-32(21-23-13-9-8-10-14-23)27(36)24-25-28(37)34(19-11-12-20-35)26(29(38)33(18-7-2)22(3)4)31(25)16-15-30(24,5)39-31/h6-10,13-14,22,24-26,35H,1-2,11-12,15-21H2,3-5H3/t24-,25+,26?,30+,31?/m1/s1. The summed E-state index contributed by atoms with van der Waals surface area (Å²) >= 11 is 1.70. The van der Waals surface area contributed by atoms with Gasteiger partial charge in [-0.15, -0.1) is 24.9 Å². The number of amides is 3. The molecule has 3 heterocycles. The van der Waals surface area contributed by atoms with Gasteiger partial charge in [-0.25, -0.2) is 0 Å². The van der Waals surface area contributed by atoms with Gasteiger partial charge in [0.2, 0.25) is 17.7 Å². The number of carbonyl (C=O) groups is 3. The molecule has 0 saturated carbocycles. The molecule has 7 nitrogen and oxygen atoms in total. The lowest BCUT2D eigenvalue weighted by Crippen LogP contribution is -2.56. The minimum atomic E-state index is -0.649. The van der Waals surface area contributed by atoms with Crippen LogP contribution in [0.3, 0.4) is 0 Å². The molecular weight excluding hydrogens is 510 g/mol. The Balaban J connectivity index is 1.74. The summed E-state index contributed by atoms with van der Waals surface area (Å²) in [6.45, 7) is 15.5. The molecule has 3 saturated heterocycles. The summed E-state index contributed by atoms with van der Waals surface area (Å²) < 4.78 is -1.08. The number of benzene rings is 1. The van der Waals surface area contributed by atoms with E-state index in [-0.39, 0.29) is 30.4 Å². The van der Waals surface area contributed by atoms with Gasteiger partial charge >= 0.3 is 0 Å². The van der Waals surface area contributed by atoms with Crippen molar-refractivity contribution in [3.05, 3.63) is 61.2 Å². The molecule has 2 unspecified atom stereocenters. The second kappa shape index (κ2) is 11.9. The Hall–Kier alpha value is -2.58. The van der Waals surface area contributed by atoms with Crippen LogP contribution in [-0.4, -0.2) is 85.3 Å². The number of hydrogen-bond donors (Lipinski definition) is 1. The molecule has 1 aromatic carbocycles. The van der Waals surface area contributed by atoms with Crippen molar-refractivity contribution in [1.29, 1.82) is 0 Å². The lowest BCUT2D eigenvalue weighted by Gasteiger charge is -2.39. The fourth-order valence-electron chi connectivity index (χ4n) is 6.96. The number of thioether (sulfide) groups is 1. The van der Waals surface area contributed by atoms with Crippen molar-refractivity contribution in [2.45, 2.75) is 74.6 Å². The van der Waals surface area contributed by atoms with Crippen molar-refractivity contribution < 1.29 is 19.5 Å². The number of hydrogen-bond acceptors (Lipinski definition) is 5. The van der Waals surface area contributed by atoms with E-state index in [0.29, 0.717) is 39.0 Å². The zero-order valence-electron chi connectivity index (χ0n) is 23.6. The molecule has 0 aliphatic carbocycles. The Kier molecular flexibility index (Phi) is 8.96. The van der Waals surface area contributed by atoms with Gasteiger partial charge in [0.15, 0.2) is 0 Å². The van der Waals surface area contributed by atoms with Crippen molar-refractivity contribution in [3.63, 3.8) is 0 Å². The van der Waals surface area contributed by atoms with E-state index in [4.69, 9.17) is 0 Å². The van der Waals surface area contributed by atoms with Crippen LogP contribution in [0.5, 0.6) is 0 Å². The molecule has 212 valence electrons. The number of fused-ring (bicyclic) bond motifs is 1. The van der Waals surface area contributed by atoms with E-state index in [9.17, 15) is 19.5 Å². The van der Waals surface area contributed by atoms with Gasteiger partial charge < -0.3 is 19.8 Å². The predicted molar refractivity (Wildman–Crippen MR) is 156 cm³/mol. The van der Waals surface area contributed by atoms with Gasteiger partial charge in [0.05, 0.1) is 16.6 Å². The van der Waals surface area contributed by atoms with Gasteiger partial charge in [-0.3, -0.25) is 14.4 Å². The number of aliphatic hydroxyl groups excluding tert-OH is 1. The molecule has 8 heteroatoms. The first-order valence-electron chi connectivity index (χ1n) is 14.1. The highest BCUT2D eigenvalue weighted by molar-refractivity contribution is 8.02. The fraction of sp³-hybridized carbons (Fsp3) is 0.581. The third-order valence-corrected chi connectivity index (χ3v) is 10.7. The van der Waals surface area contributed by atoms with Crippen LogP contribution in [0.25, 0.3) is 0 Å². The van der Waals surface area contributed by atoms with Gasteiger partial charge in [-0.05, 0) is 52.0 Å². The van der Waals surface area contributed by atoms with Crippen molar-refractivity contribution >= 4 is 29.5 Å². The summed E-state index contributed by atoms with van der Waals surface area (Å²) in [4.78, 5) is 48.3. The Bertz CT molecular complexity index is 1090. The largest absolute Gasteiger partial charge is 0.396 e. The zero-order valence-corrected chi connectivity index (χ0v) is 24.4. The first-order chi connectivity index (χ1) is 18.6. The van der Waals surface area contributed by atoms with Crippen LogP contribution in [0, 0.1) is 11.8 Å². The summed E-state index contributed by atoms with van der Waals surface area (Å²) in [5, 5.41) is 9.41. The van der Waals surface area contributed by atoms with E-state index in [1.807, 2.05) is 49.1 Å². The van der Waals surface area contributed by atoms with E-state index < -0.39 is 27.4 Å². The average Bonchev–Trinajstić information content (AvgIpc) is 3.47. The van der Waals surface area contributed by atoms with Crippen molar-refractivity contribution in [2.24, 2.45) is 11.8 Å². The molecule has 0 aromatic heterocycles. The number of carbonyl (C=O) groups excluding carboxylic acids is 3. The van der Waals surface area contributed by atoms with E-state index >= 15 is 0 Å². The van der Waals surface area contributed by atoms with Crippen LogP contribution in [-0.2, 0) is 20.9 Å². The summed E-state index contributed by atoms with van der Waals surface area (Å²) in [6.07, 6.45) is 6.13. The average molecular weight is 554 g/mol. The molecule has 3 aliphatic rings. The molecule has 1 aromatic rings. The second-order valence-electron chi connectivity index (χ2n) is 11.6. The maximum absolute atomic E-state index is 14.4. The van der Waals surface area contributed by atoms with Gasteiger partial charge in [-0.2, -0.15) is 0 Å². The SMILES string of the molecule is C=CCN(Cc1ccccc1)C(=O)[C@H]1[C@H]2C(=O)N(CCCCO)C(C(=O)N(CC=C)C(C)C)C23CC[C@]1(C)S3. The van der Waals surface area contributed by atoms with Crippen molar-refractivity contribution in [3.8, 4) is 0 Å². The quantitative estimate of drug-likeness (QED) is 0.296. The van der Waals surface area contributed by atoms with Gasteiger partial charge in [0.1, 0.15) is 6.04 Å². The topological polar surface area (TPSA) is 81.2 Å². The maximum Gasteiger partial charge on any atom is 0.247 e. The van der Waals surface area contributed by atoms with Gasteiger partial charge in [0.25, 0.3) is 0 Å². The van der Waals surface area contributed by atoms with E-state index in [2.05, 4.69) is 20.1 Å². The zero-order chi connectivity index (χ0) is 28.4. The number of likely N-dealkylation sites (tertiary alicyclic amines) is 1. The van der Waals surface area contributed by atoms with E-state index in [1.54, 1.807) is 33.7 Å². The van der Waals surface area contributed by atoms with E-state index in [0.717, 1.165) is 18.4 Å². The Morgan fingerprint density at radius 3 is 2.44 bits per heavy atom. The number of aliphatic hydroxyl groups is 1. The fourth-order valence-corrected chi connectivity index (χ4v) is 9.30. The molecule has 3 aliphatic heterocycles. The molecule has 39 heavy (non-hydrogen) atoms. The third-order valence-electron chi connectivity index (χ3n) is 8.69. The molecule has 2 bridgehead atoms. The third kappa shape index (κ3) is 5.18. The highest BCUT2D eigenvalue weighted by Crippen LogP contribution is 2.71. The number of unbranched alkanes of at least 4 members (excludes halogenated alkanes) is 1. The molecular formula is C31H43N3O4S. The van der Waals surface area contributed by atoms with Crippen molar-refractivity contribution in [2.75, 3.05) is 26.2 Å². The van der Waals surface area contributed by atoms with Crippen LogP contribution in [0.4, 0.5) is 0 Å². The molecule has 3 fully saturated rings. The van der Waals surface area contributed by atoms with E-state index in [1.165, 1.54) is 0 Å². The molecule has 4 rings (SSSR count). The number of rotatable bonds is 13. The van der Waals surface area contributed by atoms with Crippen LogP contribution < -0.4 is 0 Å². The normalized spacial score (nSPS) is 29.0. The van der Waals surface area contributed by atoms with Crippen LogP contribution in [0.15, 0.2) is 55.6 Å². The Morgan fingerprint density at radius 2 is 1.82 bits per heavy atom. The van der Waals surface area contributed by atoms with Crippen LogP contribution in [0.2, 0.25) is 0 Å². The summed E-state index contributed by atoms with van der Waals surface area (Å²) in [5.74, 6) is -1.28. The van der Waals surface area contributed by atoms with Crippen molar-refractivity contribution in [1.82, 2.24) is 14.7 Å². The first-order valence-corrected chi connectivity index (χ1v) is 14.9. The molecule has 5 atom stereocenters. The molecule has 0 radical (unpaired) electrons. The van der Waals surface area contributed by atoms with Crippen LogP contribution >= 0.6 is 11.8 Å². The van der Waals surface area contributed by atoms with Crippen LogP contribution in [0.1, 0.15) is 52.0 Å². The molecule has 1 N–H and O–H groups in total.